The minimum Gasteiger partial charge on any atom is -0.394 e. The average Bonchev–Trinajstić information content (AvgIpc) is 2.49. The number of hydrogen-bond donors (Lipinski definition) is 5. The standard InChI is InChI=1S/C15H25N3O4S/c1-15(2,3)13(10-19)18-14(20)17-12-7-5-4-6-11(12)16-8-9-21-22-23/h4-7,13,16,19,23H,8-10H2,1-3H3,(H2,17,18,20)/t13-/m1/s1. The van der Waals surface area contributed by atoms with Crippen molar-refractivity contribution in [3.63, 3.8) is 0 Å². The Labute approximate surface area is 142 Å². The predicted octanol–water partition coefficient (Wildman–Crippen LogP) is 2.42. The van der Waals surface area contributed by atoms with Gasteiger partial charge in [0.15, 0.2) is 0 Å². The number of para-hydroxylation sites is 2. The molecule has 8 heteroatoms. The second-order valence-electron chi connectivity index (χ2n) is 6.07. The molecule has 0 bridgehead atoms. The Morgan fingerprint density at radius 3 is 2.52 bits per heavy atom. The average molecular weight is 343 g/mol. The van der Waals surface area contributed by atoms with Gasteiger partial charge >= 0.3 is 6.03 Å². The van der Waals surface area contributed by atoms with E-state index in [-0.39, 0.29) is 24.1 Å². The lowest BCUT2D eigenvalue weighted by Crippen LogP contribution is -2.47. The number of rotatable bonds is 8. The van der Waals surface area contributed by atoms with E-state index in [1.54, 1.807) is 6.07 Å². The summed E-state index contributed by atoms with van der Waals surface area (Å²) in [4.78, 5) is 16.8. The second-order valence-corrected chi connectivity index (χ2v) is 6.22. The van der Waals surface area contributed by atoms with E-state index in [4.69, 9.17) is 0 Å². The molecule has 1 aromatic carbocycles. The van der Waals surface area contributed by atoms with Crippen LogP contribution in [0.1, 0.15) is 20.8 Å². The largest absolute Gasteiger partial charge is 0.394 e. The summed E-state index contributed by atoms with van der Waals surface area (Å²) in [6, 6.07) is 6.58. The van der Waals surface area contributed by atoms with E-state index >= 15 is 0 Å². The molecule has 2 amide bonds. The molecule has 0 fully saturated rings. The highest BCUT2D eigenvalue weighted by Crippen LogP contribution is 2.22. The summed E-state index contributed by atoms with van der Waals surface area (Å²) in [5.74, 6) is 0. The minimum absolute atomic E-state index is 0.127. The molecule has 4 N–H and O–H groups in total. The van der Waals surface area contributed by atoms with E-state index < -0.39 is 0 Å². The topological polar surface area (TPSA) is 91.9 Å². The maximum atomic E-state index is 12.1. The van der Waals surface area contributed by atoms with Gasteiger partial charge in [0.25, 0.3) is 0 Å². The Balaban J connectivity index is 2.63. The highest BCUT2D eigenvalue weighted by atomic mass is 32.1. The van der Waals surface area contributed by atoms with Crippen LogP contribution in [0.15, 0.2) is 24.3 Å². The van der Waals surface area contributed by atoms with Gasteiger partial charge < -0.3 is 21.1 Å². The molecule has 1 rings (SSSR count). The number of carbonyl (C=O) groups excluding carboxylic acids is 1. The van der Waals surface area contributed by atoms with E-state index in [1.165, 1.54) is 0 Å². The fourth-order valence-corrected chi connectivity index (χ4v) is 1.94. The summed E-state index contributed by atoms with van der Waals surface area (Å²) < 4.78 is 4.21. The van der Waals surface area contributed by atoms with Crippen LogP contribution in [0, 0.1) is 5.41 Å². The van der Waals surface area contributed by atoms with E-state index in [0.717, 1.165) is 5.69 Å². The zero-order chi connectivity index (χ0) is 17.3. The van der Waals surface area contributed by atoms with Crippen molar-refractivity contribution >= 4 is 30.3 Å². The lowest BCUT2D eigenvalue weighted by atomic mass is 9.87. The summed E-state index contributed by atoms with van der Waals surface area (Å²) in [5, 5.41) is 18.1. The van der Waals surface area contributed by atoms with Crippen LogP contribution in [0.3, 0.4) is 0 Å². The molecule has 1 aromatic rings. The number of thiol groups is 1. The summed E-state index contributed by atoms with van der Waals surface area (Å²) in [6.07, 6.45) is 0. The normalized spacial score (nSPS) is 12.6. The van der Waals surface area contributed by atoms with Crippen LogP contribution in [0.5, 0.6) is 0 Å². The maximum absolute atomic E-state index is 12.1. The number of hydrogen-bond acceptors (Lipinski definition) is 6. The van der Waals surface area contributed by atoms with Crippen molar-refractivity contribution < 1.29 is 19.1 Å². The van der Waals surface area contributed by atoms with Crippen molar-refractivity contribution in [1.82, 2.24) is 5.32 Å². The third-order valence-electron chi connectivity index (χ3n) is 3.26. The molecule has 0 radical (unpaired) electrons. The van der Waals surface area contributed by atoms with Gasteiger partial charge in [-0.2, -0.15) is 4.33 Å². The summed E-state index contributed by atoms with van der Waals surface area (Å²) in [5.41, 5.74) is 1.14. The first-order valence-corrected chi connectivity index (χ1v) is 7.69. The molecule has 0 heterocycles. The Bertz CT molecular complexity index is 494. The Morgan fingerprint density at radius 2 is 1.96 bits per heavy atom. The molecule has 23 heavy (non-hydrogen) atoms. The van der Waals surface area contributed by atoms with Crippen LogP contribution < -0.4 is 16.0 Å². The third kappa shape index (κ3) is 7.08. The first-order valence-electron chi connectivity index (χ1n) is 7.32. The number of aliphatic hydroxyl groups is 1. The molecule has 0 saturated carbocycles. The molecular formula is C15H25N3O4S. The van der Waals surface area contributed by atoms with Crippen LogP contribution >= 0.6 is 12.9 Å². The van der Waals surface area contributed by atoms with Crippen molar-refractivity contribution in [2.24, 2.45) is 5.41 Å². The summed E-state index contributed by atoms with van der Waals surface area (Å²) in [7, 11) is 0. The Kier molecular flexibility index (Phi) is 8.18. The molecular weight excluding hydrogens is 318 g/mol. The van der Waals surface area contributed by atoms with Crippen molar-refractivity contribution in [3.05, 3.63) is 24.3 Å². The van der Waals surface area contributed by atoms with Crippen LogP contribution in [-0.2, 0) is 9.22 Å². The molecule has 0 unspecified atom stereocenters. The molecule has 130 valence electrons. The monoisotopic (exact) mass is 343 g/mol. The number of nitrogens with one attached hydrogen (secondary N) is 3. The number of benzene rings is 1. The van der Waals surface area contributed by atoms with E-state index in [9.17, 15) is 9.90 Å². The van der Waals surface area contributed by atoms with Crippen molar-refractivity contribution in [2.45, 2.75) is 26.8 Å². The van der Waals surface area contributed by atoms with Gasteiger partial charge in [0.2, 0.25) is 0 Å². The van der Waals surface area contributed by atoms with Crippen LogP contribution in [-0.4, -0.2) is 36.9 Å². The lowest BCUT2D eigenvalue weighted by molar-refractivity contribution is -0.183. The van der Waals surface area contributed by atoms with Gasteiger partial charge in [-0.3, -0.25) is 0 Å². The second kappa shape index (κ2) is 9.61. The van der Waals surface area contributed by atoms with Crippen LogP contribution in [0.2, 0.25) is 0 Å². The maximum Gasteiger partial charge on any atom is 0.319 e. The van der Waals surface area contributed by atoms with E-state index in [2.05, 4.69) is 38.1 Å². The fourth-order valence-electron chi connectivity index (χ4n) is 1.86. The van der Waals surface area contributed by atoms with Gasteiger partial charge in [-0.05, 0) is 17.5 Å². The summed E-state index contributed by atoms with van der Waals surface area (Å²) in [6.45, 7) is 6.52. The molecule has 7 nitrogen and oxygen atoms in total. The Morgan fingerprint density at radius 1 is 1.30 bits per heavy atom. The zero-order valence-electron chi connectivity index (χ0n) is 13.6. The van der Waals surface area contributed by atoms with E-state index in [0.29, 0.717) is 18.8 Å². The molecule has 0 aromatic heterocycles. The number of urea groups is 1. The van der Waals surface area contributed by atoms with Gasteiger partial charge in [0.05, 0.1) is 24.0 Å². The van der Waals surface area contributed by atoms with Gasteiger partial charge in [-0.1, -0.05) is 32.9 Å². The first-order chi connectivity index (χ1) is 10.9. The minimum atomic E-state index is -0.372. The van der Waals surface area contributed by atoms with Gasteiger partial charge in [0.1, 0.15) is 6.61 Å². The Hall–Kier alpha value is -1.48. The molecule has 0 spiro atoms. The lowest BCUT2D eigenvalue weighted by Gasteiger charge is -2.29. The van der Waals surface area contributed by atoms with Gasteiger partial charge in [0, 0.05) is 19.5 Å². The first kappa shape index (κ1) is 19.6. The predicted molar refractivity (Wildman–Crippen MR) is 93.4 cm³/mol. The highest BCUT2D eigenvalue weighted by Gasteiger charge is 2.25. The molecule has 1 atom stereocenters. The smallest absolute Gasteiger partial charge is 0.319 e. The third-order valence-corrected chi connectivity index (χ3v) is 3.37. The molecule has 0 aliphatic heterocycles. The number of anilines is 2. The highest BCUT2D eigenvalue weighted by molar-refractivity contribution is 7.74. The van der Waals surface area contributed by atoms with Gasteiger partial charge in [-0.25, -0.2) is 9.68 Å². The van der Waals surface area contributed by atoms with Crippen molar-refractivity contribution in [3.8, 4) is 0 Å². The fraction of sp³-hybridized carbons (Fsp3) is 0.533. The number of amides is 2. The van der Waals surface area contributed by atoms with E-state index in [1.807, 2.05) is 39.0 Å². The molecule has 0 aliphatic carbocycles. The summed E-state index contributed by atoms with van der Waals surface area (Å²) >= 11 is 3.47. The van der Waals surface area contributed by atoms with Crippen molar-refractivity contribution in [1.29, 1.82) is 0 Å². The quantitative estimate of drug-likeness (QED) is 0.164. The number of carbonyl (C=O) groups is 1. The van der Waals surface area contributed by atoms with Gasteiger partial charge in [-0.15, -0.1) is 0 Å². The zero-order valence-corrected chi connectivity index (χ0v) is 14.5. The van der Waals surface area contributed by atoms with Crippen LogP contribution in [0.25, 0.3) is 0 Å². The molecule has 0 saturated heterocycles. The number of aliphatic hydroxyl groups excluding tert-OH is 1. The molecule has 0 aliphatic rings. The van der Waals surface area contributed by atoms with Crippen molar-refractivity contribution in [2.75, 3.05) is 30.4 Å². The SMILES string of the molecule is CC(C)(C)[C@@H](CO)NC(=O)Nc1ccccc1NCCOOS. The van der Waals surface area contributed by atoms with Crippen LogP contribution in [0.4, 0.5) is 16.2 Å².